The number of nitrogens with one attached hydrogen (secondary N) is 2. The second-order valence-corrected chi connectivity index (χ2v) is 6.85. The molecule has 1 atom stereocenters. The lowest BCUT2D eigenvalue weighted by atomic mass is 10.1. The molecule has 29 heavy (non-hydrogen) atoms. The molecule has 1 aromatic carbocycles. The molecule has 1 aliphatic carbocycles. The Morgan fingerprint density at radius 2 is 2.14 bits per heavy atom. The molecule has 1 saturated carbocycles. The molecule has 0 spiro atoms. The smallest absolute Gasteiger partial charge is 0.191 e. The number of aromatic nitrogens is 1. The number of guanidine groups is 1. The Balaban J connectivity index is 0.00000300. The van der Waals surface area contributed by atoms with Crippen molar-refractivity contribution in [2.75, 3.05) is 26.8 Å². The van der Waals surface area contributed by atoms with Crippen LogP contribution in [0.2, 0.25) is 0 Å². The second kappa shape index (κ2) is 11.8. The summed E-state index contributed by atoms with van der Waals surface area (Å²) in [5.41, 5.74) is 0.825. The van der Waals surface area contributed by atoms with Gasteiger partial charge in [0.25, 0.3) is 0 Å². The third-order valence-electron chi connectivity index (χ3n) is 4.50. The van der Waals surface area contributed by atoms with Gasteiger partial charge >= 0.3 is 0 Å². The summed E-state index contributed by atoms with van der Waals surface area (Å²) in [7, 11) is 1.69. The maximum atomic E-state index is 14.3. The van der Waals surface area contributed by atoms with Crippen molar-refractivity contribution in [3.05, 3.63) is 54.1 Å². The first kappa shape index (κ1) is 23.2. The minimum atomic E-state index is -0.334. The summed E-state index contributed by atoms with van der Waals surface area (Å²) in [4.78, 5) is 8.20. The number of nitrogens with zero attached hydrogens (tertiary/aromatic N) is 2. The van der Waals surface area contributed by atoms with Crippen molar-refractivity contribution >= 4 is 29.9 Å². The predicted octanol–water partition coefficient (Wildman–Crippen LogP) is 3.93. The van der Waals surface area contributed by atoms with Gasteiger partial charge in [0.1, 0.15) is 12.4 Å². The largest absolute Gasteiger partial charge is 0.490 e. The average molecular weight is 514 g/mol. The first-order valence-corrected chi connectivity index (χ1v) is 9.58. The lowest BCUT2D eigenvalue weighted by molar-refractivity contribution is 0.285. The van der Waals surface area contributed by atoms with E-state index in [1.807, 2.05) is 25.1 Å². The summed E-state index contributed by atoms with van der Waals surface area (Å²) in [5.74, 6) is 1.92. The quantitative estimate of drug-likeness (QED) is 0.230. The van der Waals surface area contributed by atoms with Crippen molar-refractivity contribution in [3.63, 3.8) is 0 Å². The van der Waals surface area contributed by atoms with E-state index in [-0.39, 0.29) is 35.8 Å². The molecule has 2 N–H and O–H groups in total. The van der Waals surface area contributed by atoms with E-state index in [9.17, 15) is 4.39 Å². The first-order valence-electron chi connectivity index (χ1n) is 9.58. The Labute approximate surface area is 188 Å². The van der Waals surface area contributed by atoms with Gasteiger partial charge in [-0.15, -0.1) is 24.0 Å². The Morgan fingerprint density at radius 1 is 1.31 bits per heavy atom. The van der Waals surface area contributed by atoms with Gasteiger partial charge in [0.15, 0.2) is 17.5 Å². The molecule has 158 valence electrons. The van der Waals surface area contributed by atoms with E-state index in [1.165, 1.54) is 18.9 Å². The third kappa shape index (κ3) is 7.68. The molecule has 2 aromatic rings. The lowest BCUT2D eigenvalue weighted by Gasteiger charge is -2.19. The normalized spacial score (nSPS) is 14.5. The maximum absolute atomic E-state index is 14.3. The second-order valence-electron chi connectivity index (χ2n) is 6.85. The van der Waals surface area contributed by atoms with E-state index in [4.69, 9.17) is 9.47 Å². The van der Waals surface area contributed by atoms with E-state index >= 15 is 0 Å². The zero-order valence-electron chi connectivity index (χ0n) is 16.7. The standard InChI is InChI=1S/C21H27FN4O2.HI/c1-15(17-7-8-20(19(22)12-17)28-14-16-5-6-16)26-21(23-2)25-10-11-27-18-4-3-9-24-13-18;/h3-4,7-9,12-13,15-16H,5-6,10-11,14H2,1-2H3,(H2,23,25,26);1H. The lowest BCUT2D eigenvalue weighted by Crippen LogP contribution is -2.40. The predicted molar refractivity (Wildman–Crippen MR) is 123 cm³/mol. The van der Waals surface area contributed by atoms with Gasteiger partial charge in [0.2, 0.25) is 0 Å². The van der Waals surface area contributed by atoms with E-state index < -0.39 is 0 Å². The number of halogens is 2. The van der Waals surface area contributed by atoms with Gasteiger partial charge in [-0.3, -0.25) is 9.98 Å². The number of hydrogen-bond acceptors (Lipinski definition) is 4. The molecule has 0 aliphatic heterocycles. The Kier molecular flexibility index (Phi) is 9.43. The van der Waals surface area contributed by atoms with Crippen molar-refractivity contribution in [3.8, 4) is 11.5 Å². The minimum Gasteiger partial charge on any atom is -0.490 e. The Bertz CT molecular complexity index is 788. The van der Waals surface area contributed by atoms with Crippen LogP contribution in [0.25, 0.3) is 0 Å². The van der Waals surface area contributed by atoms with Crippen molar-refractivity contribution in [2.24, 2.45) is 10.9 Å². The van der Waals surface area contributed by atoms with E-state index in [1.54, 1.807) is 25.5 Å². The third-order valence-corrected chi connectivity index (χ3v) is 4.50. The highest BCUT2D eigenvalue weighted by Crippen LogP contribution is 2.30. The highest BCUT2D eigenvalue weighted by atomic mass is 127. The van der Waals surface area contributed by atoms with Crippen LogP contribution in [0.5, 0.6) is 11.5 Å². The van der Waals surface area contributed by atoms with Crippen LogP contribution in [-0.4, -0.2) is 37.7 Å². The minimum absolute atomic E-state index is 0. The molecular formula is C21H28FIN4O2. The molecule has 6 nitrogen and oxygen atoms in total. The monoisotopic (exact) mass is 514 g/mol. The molecule has 1 aromatic heterocycles. The van der Waals surface area contributed by atoms with E-state index in [0.29, 0.717) is 37.4 Å². The van der Waals surface area contributed by atoms with Gasteiger partial charge in [-0.05, 0) is 55.5 Å². The fourth-order valence-corrected chi connectivity index (χ4v) is 2.65. The van der Waals surface area contributed by atoms with Crippen LogP contribution in [0.1, 0.15) is 31.4 Å². The molecule has 8 heteroatoms. The van der Waals surface area contributed by atoms with E-state index in [2.05, 4.69) is 20.6 Å². The molecule has 0 saturated heterocycles. The summed E-state index contributed by atoms with van der Waals surface area (Å²) < 4.78 is 25.4. The van der Waals surface area contributed by atoms with Crippen LogP contribution in [0.15, 0.2) is 47.7 Å². The van der Waals surface area contributed by atoms with Gasteiger partial charge in [0.05, 0.1) is 25.4 Å². The topological polar surface area (TPSA) is 67.8 Å². The van der Waals surface area contributed by atoms with Gasteiger partial charge < -0.3 is 20.1 Å². The van der Waals surface area contributed by atoms with Gasteiger partial charge in [-0.1, -0.05) is 6.07 Å². The molecular weight excluding hydrogens is 486 g/mol. The zero-order valence-corrected chi connectivity index (χ0v) is 19.1. The van der Waals surface area contributed by atoms with Crippen molar-refractivity contribution in [1.29, 1.82) is 0 Å². The molecule has 3 rings (SSSR count). The van der Waals surface area contributed by atoms with Crippen LogP contribution in [0.4, 0.5) is 4.39 Å². The number of benzene rings is 1. The summed E-state index contributed by atoms with van der Waals surface area (Å²) >= 11 is 0. The van der Waals surface area contributed by atoms with Gasteiger partial charge in [-0.25, -0.2) is 4.39 Å². The van der Waals surface area contributed by atoms with Gasteiger partial charge in [0, 0.05) is 13.2 Å². The molecule has 0 bridgehead atoms. The summed E-state index contributed by atoms with van der Waals surface area (Å²) in [6.45, 7) is 3.60. The van der Waals surface area contributed by atoms with E-state index in [0.717, 1.165) is 11.3 Å². The van der Waals surface area contributed by atoms with Crippen LogP contribution >= 0.6 is 24.0 Å². The van der Waals surface area contributed by atoms with Crippen LogP contribution in [-0.2, 0) is 0 Å². The van der Waals surface area contributed by atoms with Gasteiger partial charge in [-0.2, -0.15) is 0 Å². The van der Waals surface area contributed by atoms with Crippen molar-refractivity contribution in [2.45, 2.75) is 25.8 Å². The summed E-state index contributed by atoms with van der Waals surface area (Å²) in [6.07, 6.45) is 5.73. The van der Waals surface area contributed by atoms with Crippen LogP contribution in [0, 0.1) is 11.7 Å². The SMILES string of the molecule is CN=C(NCCOc1cccnc1)NC(C)c1ccc(OCC2CC2)c(F)c1.I. The molecule has 1 fully saturated rings. The number of rotatable bonds is 9. The molecule has 0 amide bonds. The number of pyridine rings is 1. The average Bonchev–Trinajstić information content (AvgIpc) is 3.54. The highest BCUT2D eigenvalue weighted by Gasteiger charge is 2.22. The maximum Gasteiger partial charge on any atom is 0.191 e. The summed E-state index contributed by atoms with van der Waals surface area (Å²) in [6, 6.07) is 8.66. The molecule has 1 heterocycles. The number of aliphatic imine (C=N–C) groups is 1. The molecule has 1 unspecified atom stereocenters. The highest BCUT2D eigenvalue weighted by molar-refractivity contribution is 14.0. The van der Waals surface area contributed by atoms with Crippen LogP contribution < -0.4 is 20.1 Å². The molecule has 0 radical (unpaired) electrons. The Morgan fingerprint density at radius 3 is 2.79 bits per heavy atom. The molecule has 1 aliphatic rings. The Hall–Kier alpha value is -2.10. The fourth-order valence-electron chi connectivity index (χ4n) is 2.65. The van der Waals surface area contributed by atoms with Crippen LogP contribution in [0.3, 0.4) is 0 Å². The first-order chi connectivity index (χ1) is 13.7. The zero-order chi connectivity index (χ0) is 19.8. The summed E-state index contributed by atoms with van der Waals surface area (Å²) in [5, 5.41) is 6.43. The number of ether oxygens (including phenoxy) is 2. The van der Waals surface area contributed by atoms with Crippen molar-refractivity contribution < 1.29 is 13.9 Å². The number of hydrogen-bond donors (Lipinski definition) is 2. The van der Waals surface area contributed by atoms with Crippen molar-refractivity contribution in [1.82, 2.24) is 15.6 Å². The fraction of sp³-hybridized carbons (Fsp3) is 0.429.